The van der Waals surface area contributed by atoms with Gasteiger partial charge < -0.3 is 5.32 Å². The Morgan fingerprint density at radius 1 is 1.00 bits per heavy atom. The molecule has 0 aromatic heterocycles. The number of aryl methyl sites for hydroxylation is 2. The Balaban J connectivity index is 1.99. The molecule has 17 heavy (non-hydrogen) atoms. The van der Waals surface area contributed by atoms with Gasteiger partial charge in [0.25, 0.3) is 0 Å². The fourth-order valence-corrected chi connectivity index (χ4v) is 2.24. The number of benzene rings is 2. The van der Waals surface area contributed by atoms with Crippen molar-refractivity contribution in [1.29, 1.82) is 0 Å². The molecule has 86 valence electrons. The lowest BCUT2D eigenvalue weighted by Gasteiger charge is -2.08. The highest BCUT2D eigenvalue weighted by atomic mass is 15.1. The van der Waals surface area contributed by atoms with Gasteiger partial charge in [0.1, 0.15) is 0 Å². The minimum Gasteiger partial charge on any atom is -0.307 e. The van der Waals surface area contributed by atoms with Crippen molar-refractivity contribution in [1.82, 2.24) is 5.32 Å². The summed E-state index contributed by atoms with van der Waals surface area (Å²) >= 11 is 0. The molecule has 1 aliphatic rings. The van der Waals surface area contributed by atoms with Crippen molar-refractivity contribution < 1.29 is 0 Å². The predicted octanol–water partition coefficient (Wildman–Crippen LogP) is 3.61. The van der Waals surface area contributed by atoms with E-state index in [-0.39, 0.29) is 0 Å². The third-order valence-electron chi connectivity index (χ3n) is 3.43. The molecule has 1 aliphatic heterocycles. The van der Waals surface area contributed by atoms with Crippen molar-refractivity contribution >= 4 is 0 Å². The number of rotatable bonds is 2. The molecule has 1 atom stereocenters. The fraction of sp³-hybridized carbons (Fsp3) is 0.250. The Hall–Kier alpha value is -1.60. The second-order valence-corrected chi connectivity index (χ2v) is 4.90. The van der Waals surface area contributed by atoms with Crippen molar-refractivity contribution in [3.8, 4) is 11.1 Å². The summed E-state index contributed by atoms with van der Waals surface area (Å²) in [5.74, 6) is 0. The van der Waals surface area contributed by atoms with Crippen LogP contribution in [-0.4, -0.2) is 6.54 Å². The lowest BCUT2D eigenvalue weighted by atomic mass is 9.97. The molecule has 1 heteroatoms. The molecule has 1 nitrogen and oxygen atoms in total. The molecular formula is C16H17N. The number of hydrogen-bond donors (Lipinski definition) is 1. The van der Waals surface area contributed by atoms with Crippen molar-refractivity contribution in [2.75, 3.05) is 6.54 Å². The molecule has 0 bridgehead atoms. The van der Waals surface area contributed by atoms with E-state index in [0.717, 1.165) is 6.54 Å². The van der Waals surface area contributed by atoms with Gasteiger partial charge >= 0.3 is 0 Å². The highest BCUT2D eigenvalue weighted by molar-refractivity contribution is 5.68. The molecule has 2 aromatic rings. The first-order valence-electron chi connectivity index (χ1n) is 6.15. The van der Waals surface area contributed by atoms with Crippen LogP contribution >= 0.6 is 0 Å². The first kappa shape index (κ1) is 10.5. The molecule has 1 fully saturated rings. The van der Waals surface area contributed by atoms with E-state index in [2.05, 4.69) is 61.6 Å². The summed E-state index contributed by atoms with van der Waals surface area (Å²) in [5, 5.41) is 3.33. The zero-order valence-electron chi connectivity index (χ0n) is 10.3. The SMILES string of the molecule is Cc1ccc(C)c(-c2ccc(C3CN3)cc2)c1. The Bertz CT molecular complexity index is 536. The molecule has 1 unspecified atom stereocenters. The van der Waals surface area contributed by atoms with E-state index in [1.165, 1.54) is 27.8 Å². The zero-order chi connectivity index (χ0) is 11.8. The Morgan fingerprint density at radius 2 is 1.71 bits per heavy atom. The number of hydrogen-bond acceptors (Lipinski definition) is 1. The van der Waals surface area contributed by atoms with E-state index in [1.54, 1.807) is 0 Å². The molecule has 0 aliphatic carbocycles. The van der Waals surface area contributed by atoms with Gasteiger partial charge in [0.2, 0.25) is 0 Å². The van der Waals surface area contributed by atoms with Crippen molar-refractivity contribution in [3.63, 3.8) is 0 Å². The highest BCUT2D eigenvalue weighted by Crippen LogP contribution is 2.28. The molecular weight excluding hydrogens is 206 g/mol. The van der Waals surface area contributed by atoms with Crippen LogP contribution in [0.15, 0.2) is 42.5 Å². The quantitative estimate of drug-likeness (QED) is 0.772. The minimum absolute atomic E-state index is 0.600. The standard InChI is InChI=1S/C16H17N/c1-11-3-4-12(2)15(9-11)13-5-7-14(8-6-13)16-10-17-16/h3-9,16-17H,10H2,1-2H3. The van der Waals surface area contributed by atoms with Crippen LogP contribution in [0.2, 0.25) is 0 Å². The zero-order valence-corrected chi connectivity index (χ0v) is 10.3. The lowest BCUT2D eigenvalue weighted by Crippen LogP contribution is -1.87. The molecule has 1 heterocycles. The van der Waals surface area contributed by atoms with Gasteiger partial charge in [-0.25, -0.2) is 0 Å². The predicted molar refractivity (Wildman–Crippen MR) is 72.1 cm³/mol. The molecule has 0 spiro atoms. The van der Waals surface area contributed by atoms with Gasteiger partial charge in [0.15, 0.2) is 0 Å². The molecule has 1 saturated heterocycles. The van der Waals surface area contributed by atoms with Crippen LogP contribution < -0.4 is 5.32 Å². The van der Waals surface area contributed by atoms with Gasteiger partial charge in [-0.1, -0.05) is 48.0 Å². The third-order valence-corrected chi connectivity index (χ3v) is 3.43. The van der Waals surface area contributed by atoms with E-state index in [9.17, 15) is 0 Å². The van der Waals surface area contributed by atoms with Crippen LogP contribution in [-0.2, 0) is 0 Å². The van der Waals surface area contributed by atoms with Crippen molar-refractivity contribution in [3.05, 3.63) is 59.2 Å². The topological polar surface area (TPSA) is 21.9 Å². The number of nitrogens with one attached hydrogen (secondary N) is 1. The average Bonchev–Trinajstić information content (AvgIpc) is 3.17. The van der Waals surface area contributed by atoms with E-state index in [0.29, 0.717) is 6.04 Å². The van der Waals surface area contributed by atoms with Gasteiger partial charge in [0.05, 0.1) is 0 Å². The molecule has 0 amide bonds. The first-order valence-corrected chi connectivity index (χ1v) is 6.15. The van der Waals surface area contributed by atoms with Crippen LogP contribution in [0.4, 0.5) is 0 Å². The highest BCUT2D eigenvalue weighted by Gasteiger charge is 2.21. The molecule has 0 radical (unpaired) electrons. The second-order valence-electron chi connectivity index (χ2n) is 4.90. The average molecular weight is 223 g/mol. The maximum absolute atomic E-state index is 3.33. The fourth-order valence-electron chi connectivity index (χ4n) is 2.24. The van der Waals surface area contributed by atoms with Crippen LogP contribution in [0.1, 0.15) is 22.7 Å². The third kappa shape index (κ3) is 2.11. The Labute approximate surface area is 102 Å². The van der Waals surface area contributed by atoms with Crippen molar-refractivity contribution in [2.45, 2.75) is 19.9 Å². The van der Waals surface area contributed by atoms with Crippen LogP contribution in [0.25, 0.3) is 11.1 Å². The van der Waals surface area contributed by atoms with E-state index < -0.39 is 0 Å². The molecule has 1 N–H and O–H groups in total. The van der Waals surface area contributed by atoms with Gasteiger partial charge in [-0.15, -0.1) is 0 Å². The Kier molecular flexibility index (Phi) is 2.49. The monoisotopic (exact) mass is 223 g/mol. The van der Waals surface area contributed by atoms with E-state index in [1.807, 2.05) is 0 Å². The summed E-state index contributed by atoms with van der Waals surface area (Å²) in [7, 11) is 0. The molecule has 0 saturated carbocycles. The van der Waals surface area contributed by atoms with Gasteiger partial charge in [-0.05, 0) is 36.1 Å². The molecule has 2 aromatic carbocycles. The lowest BCUT2D eigenvalue weighted by molar-refractivity contribution is 1.08. The van der Waals surface area contributed by atoms with Gasteiger partial charge in [0, 0.05) is 12.6 Å². The molecule has 3 rings (SSSR count). The Morgan fingerprint density at radius 3 is 2.35 bits per heavy atom. The largest absolute Gasteiger partial charge is 0.307 e. The maximum Gasteiger partial charge on any atom is 0.0447 e. The van der Waals surface area contributed by atoms with E-state index in [4.69, 9.17) is 0 Å². The van der Waals surface area contributed by atoms with Gasteiger partial charge in [-0.2, -0.15) is 0 Å². The van der Waals surface area contributed by atoms with Crippen molar-refractivity contribution in [2.24, 2.45) is 0 Å². The second kappa shape index (κ2) is 4.01. The normalized spacial score (nSPS) is 18.1. The van der Waals surface area contributed by atoms with Gasteiger partial charge in [-0.3, -0.25) is 0 Å². The minimum atomic E-state index is 0.600. The van der Waals surface area contributed by atoms with Crippen LogP contribution in [0, 0.1) is 13.8 Å². The summed E-state index contributed by atoms with van der Waals surface area (Å²) in [6.45, 7) is 5.44. The maximum atomic E-state index is 3.33. The van der Waals surface area contributed by atoms with Crippen LogP contribution in [0.3, 0.4) is 0 Å². The summed E-state index contributed by atoms with van der Waals surface area (Å²) < 4.78 is 0. The summed E-state index contributed by atoms with van der Waals surface area (Å²) in [5.41, 5.74) is 6.72. The summed E-state index contributed by atoms with van der Waals surface area (Å²) in [4.78, 5) is 0. The van der Waals surface area contributed by atoms with Crippen LogP contribution in [0.5, 0.6) is 0 Å². The van der Waals surface area contributed by atoms with E-state index >= 15 is 0 Å². The first-order chi connectivity index (χ1) is 8.24. The summed E-state index contributed by atoms with van der Waals surface area (Å²) in [6.07, 6.45) is 0. The summed E-state index contributed by atoms with van der Waals surface area (Å²) in [6, 6.07) is 16.2. The smallest absolute Gasteiger partial charge is 0.0447 e.